The molecule has 2 heterocycles. The van der Waals surface area contributed by atoms with Crippen molar-refractivity contribution in [2.45, 2.75) is 96.8 Å². The zero-order valence-electron chi connectivity index (χ0n) is 19.7. The standard InChI is InChI=1S/C27H40N2OS/c1-4-5-6-7-8-9-10-20-30-25-16-14-24(15-17-25)22(2)12-11-13-23(3)26-21-31-27-28-18-19-29(26)27/h14-19,21-23H,4-13,20H2,1-3H3. The van der Waals surface area contributed by atoms with Crippen molar-refractivity contribution in [1.29, 1.82) is 0 Å². The second-order valence-electron chi connectivity index (χ2n) is 9.01. The number of rotatable bonds is 15. The van der Waals surface area contributed by atoms with Crippen LogP contribution in [0.3, 0.4) is 0 Å². The minimum Gasteiger partial charge on any atom is -0.494 e. The third kappa shape index (κ3) is 7.38. The van der Waals surface area contributed by atoms with Crippen molar-refractivity contribution in [3.05, 3.63) is 53.3 Å². The fourth-order valence-electron chi connectivity index (χ4n) is 4.28. The number of fused-ring (bicyclic) bond motifs is 1. The summed E-state index contributed by atoms with van der Waals surface area (Å²) in [7, 11) is 0. The zero-order valence-corrected chi connectivity index (χ0v) is 20.5. The van der Waals surface area contributed by atoms with E-state index in [2.05, 4.69) is 66.0 Å². The first-order chi connectivity index (χ1) is 15.2. The van der Waals surface area contributed by atoms with Gasteiger partial charge in [-0.05, 0) is 48.8 Å². The molecule has 0 aliphatic rings. The zero-order chi connectivity index (χ0) is 21.9. The molecular weight excluding hydrogens is 400 g/mol. The van der Waals surface area contributed by atoms with Crippen LogP contribution < -0.4 is 4.74 Å². The van der Waals surface area contributed by atoms with Crippen LogP contribution in [0.5, 0.6) is 5.75 Å². The normalized spacial score (nSPS) is 13.5. The monoisotopic (exact) mass is 440 g/mol. The molecule has 0 N–H and O–H groups in total. The first-order valence-corrected chi connectivity index (χ1v) is 13.2. The van der Waals surface area contributed by atoms with Gasteiger partial charge in [-0.2, -0.15) is 0 Å². The number of unbranched alkanes of at least 4 members (excludes halogenated alkanes) is 6. The number of aromatic nitrogens is 2. The van der Waals surface area contributed by atoms with E-state index in [0.29, 0.717) is 11.8 Å². The Hall–Kier alpha value is -1.81. The number of nitrogens with zero attached hydrogens (tertiary/aromatic N) is 2. The van der Waals surface area contributed by atoms with E-state index in [0.717, 1.165) is 23.7 Å². The van der Waals surface area contributed by atoms with Crippen LogP contribution in [0.25, 0.3) is 4.96 Å². The van der Waals surface area contributed by atoms with Crippen LogP contribution in [0.2, 0.25) is 0 Å². The van der Waals surface area contributed by atoms with Gasteiger partial charge < -0.3 is 4.74 Å². The Morgan fingerprint density at radius 2 is 1.61 bits per heavy atom. The van der Waals surface area contributed by atoms with Gasteiger partial charge in [-0.1, -0.05) is 77.8 Å². The molecule has 2 unspecified atom stereocenters. The molecule has 3 aromatic rings. The fourth-order valence-corrected chi connectivity index (χ4v) is 5.26. The molecule has 0 amide bonds. The first kappa shape index (κ1) is 23.8. The number of thiazole rings is 1. The van der Waals surface area contributed by atoms with Crippen molar-refractivity contribution in [2.75, 3.05) is 6.61 Å². The summed E-state index contributed by atoms with van der Waals surface area (Å²) >= 11 is 1.74. The molecular formula is C27H40N2OS. The molecule has 0 saturated carbocycles. The molecule has 31 heavy (non-hydrogen) atoms. The summed E-state index contributed by atoms with van der Waals surface area (Å²) in [6.07, 6.45) is 16.9. The largest absolute Gasteiger partial charge is 0.494 e. The highest BCUT2D eigenvalue weighted by molar-refractivity contribution is 7.15. The molecule has 3 nitrogen and oxygen atoms in total. The van der Waals surface area contributed by atoms with Gasteiger partial charge in [-0.3, -0.25) is 4.40 Å². The SMILES string of the molecule is CCCCCCCCCOc1ccc(C(C)CCCC(C)c2csc3nccn23)cc1. The smallest absolute Gasteiger partial charge is 0.193 e. The average molecular weight is 441 g/mol. The second-order valence-corrected chi connectivity index (χ2v) is 9.85. The van der Waals surface area contributed by atoms with Crippen LogP contribution in [0.15, 0.2) is 42.0 Å². The number of ether oxygens (including phenoxy) is 1. The van der Waals surface area contributed by atoms with Gasteiger partial charge in [-0.15, -0.1) is 11.3 Å². The van der Waals surface area contributed by atoms with Crippen LogP contribution in [0.1, 0.15) is 108 Å². The van der Waals surface area contributed by atoms with E-state index in [-0.39, 0.29) is 0 Å². The summed E-state index contributed by atoms with van der Waals surface area (Å²) in [5, 5.41) is 2.27. The summed E-state index contributed by atoms with van der Waals surface area (Å²) in [5.41, 5.74) is 2.82. The third-order valence-corrected chi connectivity index (χ3v) is 7.29. The molecule has 2 aromatic heterocycles. The minimum atomic E-state index is 0.567. The van der Waals surface area contributed by atoms with Gasteiger partial charge in [0.2, 0.25) is 0 Å². The number of hydrogen-bond donors (Lipinski definition) is 0. The van der Waals surface area contributed by atoms with E-state index in [1.54, 1.807) is 11.3 Å². The van der Waals surface area contributed by atoms with Crippen molar-refractivity contribution < 1.29 is 4.74 Å². The van der Waals surface area contributed by atoms with Gasteiger partial charge in [0.05, 0.1) is 6.61 Å². The van der Waals surface area contributed by atoms with Gasteiger partial charge in [-0.25, -0.2) is 4.98 Å². The molecule has 0 aliphatic carbocycles. The summed E-state index contributed by atoms with van der Waals surface area (Å²) in [6, 6.07) is 8.80. The van der Waals surface area contributed by atoms with Crippen LogP contribution in [-0.4, -0.2) is 16.0 Å². The van der Waals surface area contributed by atoms with Crippen LogP contribution in [0, 0.1) is 0 Å². The van der Waals surface area contributed by atoms with E-state index < -0.39 is 0 Å². The maximum Gasteiger partial charge on any atom is 0.193 e. The molecule has 2 atom stereocenters. The predicted molar refractivity (Wildman–Crippen MR) is 134 cm³/mol. The quantitative estimate of drug-likeness (QED) is 0.221. The lowest BCUT2D eigenvalue weighted by atomic mass is 9.92. The van der Waals surface area contributed by atoms with Gasteiger partial charge in [0.1, 0.15) is 5.75 Å². The van der Waals surface area contributed by atoms with Crippen LogP contribution >= 0.6 is 11.3 Å². The molecule has 4 heteroatoms. The van der Waals surface area contributed by atoms with E-state index >= 15 is 0 Å². The fraction of sp³-hybridized carbons (Fsp3) is 0.593. The van der Waals surface area contributed by atoms with E-state index in [1.165, 1.54) is 69.0 Å². The Morgan fingerprint density at radius 1 is 0.903 bits per heavy atom. The maximum atomic E-state index is 5.94. The average Bonchev–Trinajstić information content (AvgIpc) is 3.40. The number of benzene rings is 1. The van der Waals surface area contributed by atoms with Crippen molar-refractivity contribution in [3.63, 3.8) is 0 Å². The Labute approximate surface area is 192 Å². The van der Waals surface area contributed by atoms with E-state index in [1.807, 2.05) is 6.20 Å². The molecule has 0 spiro atoms. The molecule has 1 aromatic carbocycles. The lowest BCUT2D eigenvalue weighted by Gasteiger charge is -2.15. The highest BCUT2D eigenvalue weighted by Gasteiger charge is 2.13. The van der Waals surface area contributed by atoms with Crippen LogP contribution in [0.4, 0.5) is 0 Å². The molecule has 3 rings (SSSR count). The maximum absolute atomic E-state index is 5.94. The van der Waals surface area contributed by atoms with Crippen LogP contribution in [-0.2, 0) is 0 Å². The lowest BCUT2D eigenvalue weighted by Crippen LogP contribution is -2.00. The highest BCUT2D eigenvalue weighted by atomic mass is 32.1. The Morgan fingerprint density at radius 3 is 2.39 bits per heavy atom. The Balaban J connectivity index is 1.32. The molecule has 0 bridgehead atoms. The summed E-state index contributed by atoms with van der Waals surface area (Å²) < 4.78 is 8.18. The second kappa shape index (κ2) is 12.9. The summed E-state index contributed by atoms with van der Waals surface area (Å²) in [4.78, 5) is 5.49. The minimum absolute atomic E-state index is 0.567. The molecule has 0 radical (unpaired) electrons. The van der Waals surface area contributed by atoms with Gasteiger partial charge in [0.25, 0.3) is 0 Å². The third-order valence-electron chi connectivity index (χ3n) is 6.41. The van der Waals surface area contributed by atoms with Gasteiger partial charge in [0, 0.05) is 23.5 Å². The highest BCUT2D eigenvalue weighted by Crippen LogP contribution is 2.29. The summed E-state index contributed by atoms with van der Waals surface area (Å²) in [6.45, 7) is 7.79. The van der Waals surface area contributed by atoms with E-state index in [4.69, 9.17) is 4.74 Å². The topological polar surface area (TPSA) is 26.5 Å². The molecule has 170 valence electrons. The Bertz CT molecular complexity index is 867. The predicted octanol–water partition coefficient (Wildman–Crippen LogP) is 8.60. The van der Waals surface area contributed by atoms with Gasteiger partial charge in [0.15, 0.2) is 4.96 Å². The first-order valence-electron chi connectivity index (χ1n) is 12.3. The lowest BCUT2D eigenvalue weighted by molar-refractivity contribution is 0.304. The molecule has 0 saturated heterocycles. The van der Waals surface area contributed by atoms with Crippen molar-refractivity contribution in [1.82, 2.24) is 9.38 Å². The molecule has 0 aliphatic heterocycles. The molecule has 0 fully saturated rings. The summed E-state index contributed by atoms with van der Waals surface area (Å²) in [5.74, 6) is 2.16. The Kier molecular flexibility index (Phi) is 9.92. The van der Waals surface area contributed by atoms with E-state index in [9.17, 15) is 0 Å². The van der Waals surface area contributed by atoms with Crippen molar-refractivity contribution in [3.8, 4) is 5.75 Å². The van der Waals surface area contributed by atoms with Crippen molar-refractivity contribution >= 4 is 16.3 Å². The number of hydrogen-bond acceptors (Lipinski definition) is 3. The van der Waals surface area contributed by atoms with Gasteiger partial charge >= 0.3 is 0 Å². The number of imidazole rings is 1. The van der Waals surface area contributed by atoms with Crippen molar-refractivity contribution in [2.24, 2.45) is 0 Å².